The molecule has 2 heterocycles. The van der Waals surface area contributed by atoms with Gasteiger partial charge in [-0.3, -0.25) is 0 Å². The number of thioether (sulfide) groups is 1. The summed E-state index contributed by atoms with van der Waals surface area (Å²) in [5.74, 6) is 2.23. The largest absolute Gasteiger partial charge is 0.454 e. The van der Waals surface area contributed by atoms with Gasteiger partial charge in [0, 0.05) is 11.3 Å². The summed E-state index contributed by atoms with van der Waals surface area (Å²) in [5.41, 5.74) is 2.82. The second-order valence-electron chi connectivity index (χ2n) is 5.36. The van der Waals surface area contributed by atoms with Gasteiger partial charge < -0.3 is 9.47 Å². The van der Waals surface area contributed by atoms with Crippen LogP contribution >= 0.6 is 35.0 Å². The molecule has 0 atom stereocenters. The molecule has 1 aliphatic rings. The first kappa shape index (κ1) is 16.5. The quantitative estimate of drug-likeness (QED) is 0.552. The van der Waals surface area contributed by atoms with Gasteiger partial charge in [-0.15, -0.1) is 10.2 Å². The van der Waals surface area contributed by atoms with Crippen molar-refractivity contribution in [2.75, 3.05) is 6.79 Å². The first-order valence-electron chi connectivity index (χ1n) is 7.49. The SMILES string of the molecule is Clc1ccc(CSc2ccc(-c3ccc4c(c3)OCO4)nn2)cc1Cl. The van der Waals surface area contributed by atoms with Gasteiger partial charge in [-0.05, 0) is 48.0 Å². The Bertz CT molecular complexity index is 919. The van der Waals surface area contributed by atoms with Gasteiger partial charge in [0.2, 0.25) is 6.79 Å². The molecule has 1 aliphatic heterocycles. The highest BCUT2D eigenvalue weighted by atomic mass is 35.5. The highest BCUT2D eigenvalue weighted by molar-refractivity contribution is 7.98. The van der Waals surface area contributed by atoms with Crippen LogP contribution in [0.25, 0.3) is 11.3 Å². The maximum Gasteiger partial charge on any atom is 0.231 e. The topological polar surface area (TPSA) is 44.2 Å². The van der Waals surface area contributed by atoms with E-state index in [9.17, 15) is 0 Å². The lowest BCUT2D eigenvalue weighted by Crippen LogP contribution is -1.93. The van der Waals surface area contributed by atoms with Crippen LogP contribution in [0.15, 0.2) is 53.6 Å². The number of aromatic nitrogens is 2. The average molecular weight is 391 g/mol. The monoisotopic (exact) mass is 390 g/mol. The van der Waals surface area contributed by atoms with Gasteiger partial charge in [-0.1, -0.05) is 41.0 Å². The van der Waals surface area contributed by atoms with Crippen LogP contribution in [0.1, 0.15) is 5.56 Å². The summed E-state index contributed by atoms with van der Waals surface area (Å²) in [4.78, 5) is 0. The molecule has 1 aromatic heterocycles. The van der Waals surface area contributed by atoms with Crippen molar-refractivity contribution in [2.45, 2.75) is 10.8 Å². The predicted octanol–water partition coefficient (Wildman–Crippen LogP) is 5.47. The normalized spacial score (nSPS) is 12.4. The Morgan fingerprint density at radius 1 is 0.880 bits per heavy atom. The zero-order chi connectivity index (χ0) is 17.2. The number of nitrogens with zero attached hydrogens (tertiary/aromatic N) is 2. The number of fused-ring (bicyclic) bond motifs is 1. The third-order valence-electron chi connectivity index (χ3n) is 3.68. The fourth-order valence-corrected chi connectivity index (χ4v) is 3.47. The first-order chi connectivity index (χ1) is 12.2. The minimum Gasteiger partial charge on any atom is -0.454 e. The number of hydrogen-bond acceptors (Lipinski definition) is 5. The molecule has 0 saturated heterocycles. The molecule has 25 heavy (non-hydrogen) atoms. The summed E-state index contributed by atoms with van der Waals surface area (Å²) >= 11 is 13.6. The van der Waals surface area contributed by atoms with Crippen molar-refractivity contribution < 1.29 is 9.47 Å². The maximum absolute atomic E-state index is 6.04. The van der Waals surface area contributed by atoms with Crippen LogP contribution in [0.2, 0.25) is 10.0 Å². The number of rotatable bonds is 4. The highest BCUT2D eigenvalue weighted by Gasteiger charge is 2.14. The second-order valence-corrected chi connectivity index (χ2v) is 7.17. The molecule has 0 N–H and O–H groups in total. The van der Waals surface area contributed by atoms with Crippen LogP contribution in [-0.2, 0) is 5.75 Å². The van der Waals surface area contributed by atoms with Crippen LogP contribution in [0.3, 0.4) is 0 Å². The van der Waals surface area contributed by atoms with Crippen molar-refractivity contribution in [1.29, 1.82) is 0 Å². The Morgan fingerprint density at radius 2 is 1.76 bits per heavy atom. The molecule has 0 amide bonds. The minimum absolute atomic E-state index is 0.259. The predicted molar refractivity (Wildman–Crippen MR) is 99.6 cm³/mol. The van der Waals surface area contributed by atoms with Crippen LogP contribution in [0.4, 0.5) is 0 Å². The average Bonchev–Trinajstić information content (AvgIpc) is 3.11. The summed E-state index contributed by atoms with van der Waals surface area (Å²) < 4.78 is 10.7. The fourth-order valence-electron chi connectivity index (χ4n) is 2.39. The van der Waals surface area contributed by atoms with E-state index in [4.69, 9.17) is 32.7 Å². The van der Waals surface area contributed by atoms with Crippen LogP contribution in [0, 0.1) is 0 Å². The fraction of sp³-hybridized carbons (Fsp3) is 0.111. The van der Waals surface area contributed by atoms with E-state index in [0.717, 1.165) is 39.1 Å². The first-order valence-corrected chi connectivity index (χ1v) is 9.24. The molecule has 0 spiro atoms. The molecule has 0 unspecified atom stereocenters. The summed E-state index contributed by atoms with van der Waals surface area (Å²) in [6, 6.07) is 15.3. The molecule has 4 nitrogen and oxygen atoms in total. The Hall–Kier alpha value is -1.95. The van der Waals surface area contributed by atoms with Gasteiger partial charge in [-0.2, -0.15) is 0 Å². The summed E-state index contributed by atoms with van der Waals surface area (Å²) in [5, 5.41) is 10.6. The Balaban J connectivity index is 1.45. The van der Waals surface area contributed by atoms with Gasteiger partial charge in [0.1, 0.15) is 5.03 Å². The molecule has 0 aliphatic carbocycles. The van der Waals surface area contributed by atoms with E-state index in [2.05, 4.69) is 10.2 Å². The Kier molecular flexibility index (Phi) is 4.70. The molecule has 4 rings (SSSR count). The lowest BCUT2D eigenvalue weighted by molar-refractivity contribution is 0.174. The summed E-state index contributed by atoms with van der Waals surface area (Å²) in [6.45, 7) is 0.259. The van der Waals surface area contributed by atoms with Gasteiger partial charge in [-0.25, -0.2) is 0 Å². The summed E-state index contributed by atoms with van der Waals surface area (Å²) in [7, 11) is 0. The molecule has 0 fully saturated rings. The third kappa shape index (κ3) is 3.68. The van der Waals surface area contributed by atoms with E-state index in [0.29, 0.717) is 10.0 Å². The third-order valence-corrected chi connectivity index (χ3v) is 5.41. The molecule has 0 saturated carbocycles. The van der Waals surface area contributed by atoms with E-state index in [1.165, 1.54) is 0 Å². The lowest BCUT2D eigenvalue weighted by atomic mass is 10.1. The van der Waals surface area contributed by atoms with Gasteiger partial charge in [0.15, 0.2) is 11.5 Å². The van der Waals surface area contributed by atoms with Crippen molar-refractivity contribution in [3.05, 3.63) is 64.1 Å². The number of halogens is 2. The smallest absolute Gasteiger partial charge is 0.231 e. The van der Waals surface area contributed by atoms with Gasteiger partial charge in [0.05, 0.1) is 15.7 Å². The van der Waals surface area contributed by atoms with Crippen molar-refractivity contribution in [3.63, 3.8) is 0 Å². The lowest BCUT2D eigenvalue weighted by Gasteiger charge is -2.05. The minimum atomic E-state index is 0.259. The van der Waals surface area contributed by atoms with E-state index < -0.39 is 0 Å². The van der Waals surface area contributed by atoms with Crippen molar-refractivity contribution in [2.24, 2.45) is 0 Å². The molecule has 0 bridgehead atoms. The molecule has 2 aromatic carbocycles. The molecular formula is C18H12Cl2N2O2S. The summed E-state index contributed by atoms with van der Waals surface area (Å²) in [6.07, 6.45) is 0. The van der Waals surface area contributed by atoms with Gasteiger partial charge in [0.25, 0.3) is 0 Å². The molecule has 126 valence electrons. The van der Waals surface area contributed by atoms with Crippen LogP contribution < -0.4 is 9.47 Å². The number of benzene rings is 2. The van der Waals surface area contributed by atoms with Crippen LogP contribution in [-0.4, -0.2) is 17.0 Å². The van der Waals surface area contributed by atoms with Gasteiger partial charge >= 0.3 is 0 Å². The maximum atomic E-state index is 6.04. The Morgan fingerprint density at radius 3 is 2.56 bits per heavy atom. The molecular weight excluding hydrogens is 379 g/mol. The van der Waals surface area contributed by atoms with E-state index in [1.54, 1.807) is 17.8 Å². The van der Waals surface area contributed by atoms with Crippen molar-refractivity contribution in [1.82, 2.24) is 10.2 Å². The van der Waals surface area contributed by atoms with E-state index >= 15 is 0 Å². The van der Waals surface area contributed by atoms with Crippen molar-refractivity contribution in [3.8, 4) is 22.8 Å². The van der Waals surface area contributed by atoms with Crippen molar-refractivity contribution >= 4 is 35.0 Å². The van der Waals surface area contributed by atoms with Crippen LogP contribution in [0.5, 0.6) is 11.5 Å². The Labute approximate surface area is 159 Å². The molecule has 3 aromatic rings. The standard InChI is InChI=1S/C18H12Cl2N2O2S/c19-13-3-1-11(7-14(13)20)9-25-18-6-4-15(21-22-18)12-2-5-16-17(8-12)24-10-23-16/h1-8H,9-10H2. The second kappa shape index (κ2) is 7.12. The highest BCUT2D eigenvalue weighted by Crippen LogP contribution is 2.35. The van der Waals surface area contributed by atoms with E-state index in [-0.39, 0.29) is 6.79 Å². The zero-order valence-electron chi connectivity index (χ0n) is 12.9. The molecule has 7 heteroatoms. The van der Waals surface area contributed by atoms with E-state index in [1.807, 2.05) is 42.5 Å². The zero-order valence-corrected chi connectivity index (χ0v) is 15.2. The number of hydrogen-bond donors (Lipinski definition) is 0. The molecule has 0 radical (unpaired) electrons. The number of ether oxygens (including phenoxy) is 2.